The minimum atomic E-state index is -0.617. The van der Waals surface area contributed by atoms with Crippen LogP contribution >= 0.6 is 23.2 Å². The highest BCUT2D eigenvalue weighted by Crippen LogP contribution is 2.24. The van der Waals surface area contributed by atoms with Crippen molar-refractivity contribution in [2.24, 2.45) is 0 Å². The quantitative estimate of drug-likeness (QED) is 0.699. The highest BCUT2D eigenvalue weighted by molar-refractivity contribution is 6.42. The molecule has 4 nitrogen and oxygen atoms in total. The van der Waals surface area contributed by atoms with Gasteiger partial charge in [0.25, 0.3) is 0 Å². The van der Waals surface area contributed by atoms with Gasteiger partial charge in [-0.2, -0.15) is 0 Å². The molecule has 0 saturated heterocycles. The predicted molar refractivity (Wildman–Crippen MR) is 115 cm³/mol. The van der Waals surface area contributed by atoms with Crippen molar-refractivity contribution >= 4 is 35.0 Å². The zero-order chi connectivity index (χ0) is 20.8. The van der Waals surface area contributed by atoms with Gasteiger partial charge >= 0.3 is 0 Å². The predicted octanol–water partition coefficient (Wildman–Crippen LogP) is 4.79. The Morgan fingerprint density at radius 2 is 1.71 bits per heavy atom. The van der Waals surface area contributed by atoms with Crippen molar-refractivity contribution in [3.63, 3.8) is 0 Å². The molecule has 0 fully saturated rings. The van der Waals surface area contributed by atoms with E-state index in [1.54, 1.807) is 24.0 Å². The summed E-state index contributed by atoms with van der Waals surface area (Å²) in [5.74, 6) is -0.310. The SMILES string of the molecule is Cc1cccc(CC(=O)N(Cc2ccc(Cl)c(Cl)c2)[C@@H](C)C(=O)NC(C)C)c1. The molecule has 2 rings (SSSR count). The zero-order valence-corrected chi connectivity index (χ0v) is 18.1. The van der Waals surface area contributed by atoms with E-state index in [9.17, 15) is 9.59 Å². The maximum Gasteiger partial charge on any atom is 0.242 e. The maximum absolute atomic E-state index is 13.1. The largest absolute Gasteiger partial charge is 0.352 e. The van der Waals surface area contributed by atoms with Gasteiger partial charge in [-0.3, -0.25) is 9.59 Å². The molecule has 2 aromatic carbocycles. The average molecular weight is 421 g/mol. The van der Waals surface area contributed by atoms with Crippen molar-refractivity contribution in [1.29, 1.82) is 0 Å². The van der Waals surface area contributed by atoms with Crippen LogP contribution in [0.1, 0.15) is 37.5 Å². The van der Waals surface area contributed by atoms with Crippen LogP contribution < -0.4 is 5.32 Å². The van der Waals surface area contributed by atoms with Crippen LogP contribution in [0.3, 0.4) is 0 Å². The smallest absolute Gasteiger partial charge is 0.242 e. The third-order valence-electron chi connectivity index (χ3n) is 4.37. The van der Waals surface area contributed by atoms with Crippen molar-refractivity contribution in [2.45, 2.75) is 52.7 Å². The van der Waals surface area contributed by atoms with E-state index in [1.807, 2.05) is 51.1 Å². The number of nitrogens with zero attached hydrogens (tertiary/aromatic N) is 1. The third kappa shape index (κ3) is 6.25. The van der Waals surface area contributed by atoms with Crippen molar-refractivity contribution in [3.8, 4) is 0 Å². The molecule has 0 radical (unpaired) electrons. The summed E-state index contributed by atoms with van der Waals surface area (Å²) in [5.41, 5.74) is 2.82. The summed E-state index contributed by atoms with van der Waals surface area (Å²) in [6, 6.07) is 12.4. The van der Waals surface area contributed by atoms with Gasteiger partial charge in [0.2, 0.25) is 11.8 Å². The number of benzene rings is 2. The molecule has 0 aromatic heterocycles. The number of amides is 2. The molecule has 1 N–H and O–H groups in total. The van der Waals surface area contributed by atoms with Gasteiger partial charge in [0.1, 0.15) is 6.04 Å². The van der Waals surface area contributed by atoms with Gasteiger partial charge in [-0.25, -0.2) is 0 Å². The van der Waals surface area contributed by atoms with Gasteiger partial charge in [0, 0.05) is 12.6 Å². The van der Waals surface area contributed by atoms with E-state index in [-0.39, 0.29) is 30.8 Å². The van der Waals surface area contributed by atoms with Crippen LogP contribution in [0.25, 0.3) is 0 Å². The van der Waals surface area contributed by atoms with Crippen LogP contribution in [-0.2, 0) is 22.6 Å². The molecule has 28 heavy (non-hydrogen) atoms. The lowest BCUT2D eigenvalue weighted by molar-refractivity contribution is -0.140. The summed E-state index contributed by atoms with van der Waals surface area (Å²) in [4.78, 5) is 27.2. The molecule has 2 aromatic rings. The van der Waals surface area contributed by atoms with E-state index in [0.717, 1.165) is 16.7 Å². The monoisotopic (exact) mass is 420 g/mol. The number of carbonyl (C=O) groups excluding carboxylic acids is 2. The first-order chi connectivity index (χ1) is 13.2. The molecule has 0 saturated carbocycles. The molecule has 0 spiro atoms. The highest BCUT2D eigenvalue weighted by atomic mass is 35.5. The first-order valence-corrected chi connectivity index (χ1v) is 10.0. The summed E-state index contributed by atoms with van der Waals surface area (Å²) >= 11 is 12.1. The van der Waals surface area contributed by atoms with E-state index in [2.05, 4.69) is 5.32 Å². The van der Waals surface area contributed by atoms with E-state index < -0.39 is 6.04 Å². The second kappa shape index (κ2) is 9.94. The van der Waals surface area contributed by atoms with E-state index in [4.69, 9.17) is 23.2 Å². The fraction of sp³-hybridized carbons (Fsp3) is 0.364. The molecule has 0 aliphatic rings. The van der Waals surface area contributed by atoms with E-state index in [1.165, 1.54) is 0 Å². The Kier molecular flexibility index (Phi) is 7.90. The summed E-state index contributed by atoms with van der Waals surface area (Å²) < 4.78 is 0. The highest BCUT2D eigenvalue weighted by Gasteiger charge is 2.26. The van der Waals surface area contributed by atoms with Gasteiger partial charge < -0.3 is 10.2 Å². The molecule has 1 atom stereocenters. The fourth-order valence-corrected chi connectivity index (χ4v) is 3.24. The van der Waals surface area contributed by atoms with Gasteiger partial charge in [0.15, 0.2) is 0 Å². The molecule has 0 aliphatic heterocycles. The van der Waals surface area contributed by atoms with E-state index >= 15 is 0 Å². The topological polar surface area (TPSA) is 49.4 Å². The van der Waals surface area contributed by atoms with Gasteiger partial charge in [-0.1, -0.05) is 59.1 Å². The van der Waals surface area contributed by atoms with Crippen molar-refractivity contribution < 1.29 is 9.59 Å². The van der Waals surface area contributed by atoms with Crippen molar-refractivity contribution in [1.82, 2.24) is 10.2 Å². The minimum Gasteiger partial charge on any atom is -0.352 e. The van der Waals surface area contributed by atoms with Crippen LogP contribution in [0, 0.1) is 6.92 Å². The number of halogens is 2. The average Bonchev–Trinajstić information content (AvgIpc) is 2.61. The lowest BCUT2D eigenvalue weighted by Crippen LogP contribution is -2.49. The molecular weight excluding hydrogens is 395 g/mol. The summed E-state index contributed by atoms with van der Waals surface area (Å²) in [7, 11) is 0. The standard InChI is InChI=1S/C22H26Cl2N2O2/c1-14(2)25-22(28)16(4)26(13-18-8-9-19(23)20(24)11-18)21(27)12-17-7-5-6-15(3)10-17/h5-11,14,16H,12-13H2,1-4H3,(H,25,28)/t16-/m0/s1. The Morgan fingerprint density at radius 3 is 2.32 bits per heavy atom. The first kappa shape index (κ1) is 22.3. The van der Waals surface area contributed by atoms with Crippen LogP contribution in [0.4, 0.5) is 0 Å². The molecule has 0 unspecified atom stereocenters. The molecule has 0 aliphatic carbocycles. The van der Waals surface area contributed by atoms with Crippen LogP contribution in [0.15, 0.2) is 42.5 Å². The number of hydrogen-bond acceptors (Lipinski definition) is 2. The number of nitrogens with one attached hydrogen (secondary N) is 1. The van der Waals surface area contributed by atoms with Gasteiger partial charge in [-0.15, -0.1) is 0 Å². The van der Waals surface area contributed by atoms with Crippen molar-refractivity contribution in [3.05, 3.63) is 69.2 Å². The first-order valence-electron chi connectivity index (χ1n) is 9.26. The third-order valence-corrected chi connectivity index (χ3v) is 5.11. The second-order valence-corrected chi connectivity index (χ2v) is 8.09. The summed E-state index contributed by atoms with van der Waals surface area (Å²) in [5, 5.41) is 3.75. The van der Waals surface area contributed by atoms with E-state index in [0.29, 0.717) is 10.0 Å². The summed E-state index contributed by atoms with van der Waals surface area (Å²) in [6.45, 7) is 7.78. The number of aryl methyl sites for hydroxylation is 1. The van der Waals surface area contributed by atoms with Crippen LogP contribution in [0.2, 0.25) is 10.0 Å². The Balaban J connectivity index is 2.27. The van der Waals surface area contributed by atoms with Gasteiger partial charge in [0.05, 0.1) is 16.5 Å². The second-order valence-electron chi connectivity index (χ2n) is 7.28. The zero-order valence-electron chi connectivity index (χ0n) is 16.6. The maximum atomic E-state index is 13.1. The lowest BCUT2D eigenvalue weighted by Gasteiger charge is -2.29. The minimum absolute atomic E-state index is 0.00588. The Bertz CT molecular complexity index is 852. The molecule has 0 bridgehead atoms. The molecule has 0 heterocycles. The summed E-state index contributed by atoms with van der Waals surface area (Å²) in [6.07, 6.45) is 0.225. The number of hydrogen-bond donors (Lipinski definition) is 1. The van der Waals surface area contributed by atoms with Crippen LogP contribution in [-0.4, -0.2) is 28.8 Å². The number of carbonyl (C=O) groups is 2. The normalized spacial score (nSPS) is 12.0. The molecule has 2 amide bonds. The lowest BCUT2D eigenvalue weighted by atomic mass is 10.1. The number of rotatable bonds is 7. The fourth-order valence-electron chi connectivity index (χ4n) is 2.92. The van der Waals surface area contributed by atoms with Crippen molar-refractivity contribution in [2.75, 3.05) is 0 Å². The Hall–Kier alpha value is -2.04. The molecule has 6 heteroatoms. The Morgan fingerprint density at radius 1 is 1.00 bits per heavy atom. The van der Waals surface area contributed by atoms with Crippen LogP contribution in [0.5, 0.6) is 0 Å². The molecule has 150 valence electrons. The van der Waals surface area contributed by atoms with Gasteiger partial charge in [-0.05, 0) is 51.0 Å². The Labute approximate surface area is 176 Å². The molecular formula is C22H26Cl2N2O2.